The van der Waals surface area contributed by atoms with Crippen molar-refractivity contribution in [3.05, 3.63) is 35.4 Å². The highest BCUT2D eigenvalue weighted by molar-refractivity contribution is 5.80. The lowest BCUT2D eigenvalue weighted by atomic mass is 10.0. The lowest BCUT2D eigenvalue weighted by Crippen LogP contribution is -2.37. The van der Waals surface area contributed by atoms with Crippen LogP contribution in [0.2, 0.25) is 0 Å². The second kappa shape index (κ2) is 8.70. The molecule has 0 radical (unpaired) electrons. The van der Waals surface area contributed by atoms with E-state index in [1.54, 1.807) is 4.90 Å². The van der Waals surface area contributed by atoms with Crippen LogP contribution in [0.3, 0.4) is 0 Å². The van der Waals surface area contributed by atoms with E-state index in [0.717, 1.165) is 12.3 Å². The van der Waals surface area contributed by atoms with E-state index in [1.807, 2.05) is 20.8 Å². The Kier molecular flexibility index (Phi) is 6.43. The number of benzene rings is 1. The first kappa shape index (κ1) is 22.2. The van der Waals surface area contributed by atoms with Gasteiger partial charge in [-0.3, -0.25) is 4.79 Å². The fourth-order valence-corrected chi connectivity index (χ4v) is 4.45. The number of hydrogen-bond donors (Lipinski definition) is 2. The third-order valence-electron chi connectivity index (χ3n) is 5.73. The van der Waals surface area contributed by atoms with Crippen LogP contribution in [0.5, 0.6) is 0 Å². The van der Waals surface area contributed by atoms with Gasteiger partial charge in [0.2, 0.25) is 5.91 Å². The van der Waals surface area contributed by atoms with Crippen molar-refractivity contribution in [2.24, 2.45) is 17.8 Å². The fraction of sp³-hybridized carbons (Fsp3) is 0.591. The van der Waals surface area contributed by atoms with E-state index in [4.69, 9.17) is 10.1 Å². The first-order chi connectivity index (χ1) is 14.1. The van der Waals surface area contributed by atoms with Crippen LogP contribution in [0.4, 0.5) is 13.6 Å². The number of likely N-dealkylation sites (tertiary alicyclic amines) is 1. The van der Waals surface area contributed by atoms with Gasteiger partial charge in [0.15, 0.2) is 0 Å². The SMILES string of the molecule is CC(C)(C)OC(=O)N1CC2CC(C(=O)NC(CC=N)c3cc(F)cc(F)c3)CC2C1. The fourth-order valence-electron chi connectivity index (χ4n) is 4.45. The van der Waals surface area contributed by atoms with Crippen molar-refractivity contribution in [1.82, 2.24) is 10.2 Å². The molecule has 0 spiro atoms. The lowest BCUT2D eigenvalue weighted by molar-refractivity contribution is -0.125. The molecule has 2 amide bonds. The van der Waals surface area contributed by atoms with Gasteiger partial charge in [0.05, 0.1) is 6.04 Å². The summed E-state index contributed by atoms with van der Waals surface area (Å²) >= 11 is 0. The molecule has 1 aromatic rings. The Bertz CT molecular complexity index is 790. The van der Waals surface area contributed by atoms with Crippen molar-refractivity contribution in [2.45, 2.75) is 51.7 Å². The lowest BCUT2D eigenvalue weighted by Gasteiger charge is -2.25. The van der Waals surface area contributed by atoms with E-state index >= 15 is 0 Å². The van der Waals surface area contributed by atoms with Crippen molar-refractivity contribution >= 4 is 18.2 Å². The number of hydrogen-bond acceptors (Lipinski definition) is 4. The Morgan fingerprint density at radius 1 is 1.20 bits per heavy atom. The molecule has 1 heterocycles. The number of ether oxygens (including phenoxy) is 1. The molecule has 1 aliphatic heterocycles. The zero-order chi connectivity index (χ0) is 22.1. The Labute approximate surface area is 175 Å². The van der Waals surface area contributed by atoms with Crippen LogP contribution in [-0.2, 0) is 9.53 Å². The quantitative estimate of drug-likeness (QED) is 0.704. The Hall–Kier alpha value is -2.51. The molecular weight excluding hydrogens is 392 g/mol. The molecule has 164 valence electrons. The maximum Gasteiger partial charge on any atom is 0.410 e. The summed E-state index contributed by atoms with van der Waals surface area (Å²) in [6, 6.07) is 2.49. The first-order valence-electron chi connectivity index (χ1n) is 10.3. The summed E-state index contributed by atoms with van der Waals surface area (Å²) in [5.41, 5.74) is -0.240. The minimum atomic E-state index is -0.716. The molecule has 1 aliphatic carbocycles. The standard InChI is InChI=1S/C22H29F2N3O3/c1-22(2,3)30-21(29)27-11-15-6-14(7-16(15)12-27)20(28)26-19(4-5-25)13-8-17(23)10-18(24)9-13/h5,8-10,14-16,19,25H,4,6-7,11-12H2,1-3H3,(H,26,28). The molecule has 2 N–H and O–H groups in total. The van der Waals surface area contributed by atoms with Gasteiger partial charge in [-0.25, -0.2) is 13.6 Å². The van der Waals surface area contributed by atoms with Crippen molar-refractivity contribution in [3.8, 4) is 0 Å². The van der Waals surface area contributed by atoms with Gasteiger partial charge >= 0.3 is 6.09 Å². The van der Waals surface area contributed by atoms with E-state index in [0.29, 0.717) is 31.5 Å². The van der Waals surface area contributed by atoms with Crippen LogP contribution in [0.15, 0.2) is 18.2 Å². The molecule has 8 heteroatoms. The smallest absolute Gasteiger partial charge is 0.410 e. The molecule has 2 fully saturated rings. The average molecular weight is 421 g/mol. The average Bonchev–Trinajstić information content (AvgIpc) is 3.18. The van der Waals surface area contributed by atoms with Gasteiger partial charge in [-0.05, 0) is 69.4 Å². The number of carbonyl (C=O) groups excluding carboxylic acids is 2. The highest BCUT2D eigenvalue weighted by atomic mass is 19.1. The number of nitrogens with zero attached hydrogens (tertiary/aromatic N) is 1. The van der Waals surface area contributed by atoms with Crippen molar-refractivity contribution in [2.75, 3.05) is 13.1 Å². The first-order valence-corrected chi connectivity index (χ1v) is 10.3. The number of fused-ring (bicyclic) bond motifs is 1. The number of halogens is 2. The topological polar surface area (TPSA) is 82.5 Å². The summed E-state index contributed by atoms with van der Waals surface area (Å²) in [6.45, 7) is 6.64. The highest BCUT2D eigenvalue weighted by Gasteiger charge is 2.45. The second-order valence-electron chi connectivity index (χ2n) is 9.28. The van der Waals surface area contributed by atoms with E-state index in [2.05, 4.69) is 5.32 Å². The summed E-state index contributed by atoms with van der Waals surface area (Å²) < 4.78 is 32.6. The van der Waals surface area contributed by atoms with Crippen LogP contribution < -0.4 is 5.32 Å². The van der Waals surface area contributed by atoms with Gasteiger partial charge in [0, 0.05) is 31.5 Å². The molecule has 0 aromatic heterocycles. The van der Waals surface area contributed by atoms with Crippen molar-refractivity contribution in [3.63, 3.8) is 0 Å². The van der Waals surface area contributed by atoms with Crippen molar-refractivity contribution in [1.29, 1.82) is 5.41 Å². The molecular formula is C22H29F2N3O3. The summed E-state index contributed by atoms with van der Waals surface area (Å²) in [7, 11) is 0. The van der Waals surface area contributed by atoms with Gasteiger partial charge in [0.1, 0.15) is 17.2 Å². The largest absolute Gasteiger partial charge is 0.444 e. The molecule has 0 bridgehead atoms. The monoisotopic (exact) mass is 421 g/mol. The second-order valence-corrected chi connectivity index (χ2v) is 9.28. The predicted molar refractivity (Wildman–Crippen MR) is 108 cm³/mol. The summed E-state index contributed by atoms with van der Waals surface area (Å²) in [5, 5.41) is 10.2. The number of nitrogens with one attached hydrogen (secondary N) is 2. The molecule has 1 aromatic carbocycles. The molecule has 3 unspecified atom stereocenters. The van der Waals surface area contributed by atoms with E-state index in [1.165, 1.54) is 12.1 Å². The van der Waals surface area contributed by atoms with Crippen LogP contribution in [0.1, 0.15) is 51.6 Å². The summed E-state index contributed by atoms with van der Waals surface area (Å²) in [5.74, 6) is -1.35. The number of carbonyl (C=O) groups is 2. The van der Waals surface area contributed by atoms with Crippen LogP contribution in [-0.4, -0.2) is 41.8 Å². The molecule has 6 nitrogen and oxygen atoms in total. The third-order valence-corrected chi connectivity index (χ3v) is 5.73. The highest BCUT2D eigenvalue weighted by Crippen LogP contribution is 2.42. The van der Waals surface area contributed by atoms with E-state index < -0.39 is 23.3 Å². The van der Waals surface area contributed by atoms with E-state index in [9.17, 15) is 18.4 Å². The van der Waals surface area contributed by atoms with Gasteiger partial charge in [-0.2, -0.15) is 0 Å². The zero-order valence-corrected chi connectivity index (χ0v) is 17.6. The Balaban J connectivity index is 1.59. The maximum absolute atomic E-state index is 13.6. The number of amides is 2. The molecule has 3 rings (SSSR count). The third kappa shape index (κ3) is 5.34. The summed E-state index contributed by atoms with van der Waals surface area (Å²) in [6.07, 6.45) is 2.27. The summed E-state index contributed by atoms with van der Waals surface area (Å²) in [4.78, 5) is 26.8. The minimum absolute atomic E-state index is 0.153. The number of rotatable bonds is 5. The zero-order valence-electron chi connectivity index (χ0n) is 17.6. The minimum Gasteiger partial charge on any atom is -0.444 e. The Morgan fingerprint density at radius 3 is 2.27 bits per heavy atom. The molecule has 1 saturated heterocycles. The van der Waals surface area contributed by atoms with Crippen LogP contribution in [0, 0.1) is 34.8 Å². The maximum atomic E-state index is 13.6. The molecule has 30 heavy (non-hydrogen) atoms. The molecule has 3 atom stereocenters. The molecule has 1 saturated carbocycles. The predicted octanol–water partition coefficient (Wildman–Crippen LogP) is 4.05. The van der Waals surface area contributed by atoms with Crippen LogP contribution >= 0.6 is 0 Å². The normalized spacial score (nSPS) is 24.3. The Morgan fingerprint density at radius 2 is 1.77 bits per heavy atom. The van der Waals surface area contributed by atoms with E-state index in [-0.39, 0.29) is 36.2 Å². The van der Waals surface area contributed by atoms with Gasteiger partial charge < -0.3 is 20.4 Å². The van der Waals surface area contributed by atoms with Gasteiger partial charge in [0.25, 0.3) is 0 Å². The van der Waals surface area contributed by atoms with Gasteiger partial charge in [-0.15, -0.1) is 0 Å². The van der Waals surface area contributed by atoms with Crippen LogP contribution in [0.25, 0.3) is 0 Å². The van der Waals surface area contributed by atoms with Crippen molar-refractivity contribution < 1.29 is 23.1 Å². The molecule has 2 aliphatic rings. The van der Waals surface area contributed by atoms with Gasteiger partial charge in [-0.1, -0.05) is 0 Å².